The van der Waals surface area contributed by atoms with Crippen LogP contribution in [0, 0.1) is 17.0 Å². The molecular formula is C13H16F2N2O3S. The Balaban J connectivity index is 2.28. The second-order valence-corrected chi connectivity index (χ2v) is 6.85. The van der Waals surface area contributed by atoms with E-state index in [4.69, 9.17) is 5.14 Å². The maximum Gasteiger partial charge on any atom is 0.257 e. The van der Waals surface area contributed by atoms with Gasteiger partial charge in [0.15, 0.2) is 5.82 Å². The van der Waals surface area contributed by atoms with Gasteiger partial charge in [-0.2, -0.15) is 0 Å². The van der Waals surface area contributed by atoms with Crippen LogP contribution in [-0.2, 0) is 10.0 Å². The van der Waals surface area contributed by atoms with Gasteiger partial charge in [-0.05, 0) is 36.8 Å². The van der Waals surface area contributed by atoms with Gasteiger partial charge in [-0.25, -0.2) is 22.3 Å². The first-order valence-electron chi connectivity index (χ1n) is 6.49. The van der Waals surface area contributed by atoms with E-state index < -0.39 is 38.0 Å². The summed E-state index contributed by atoms with van der Waals surface area (Å²) in [5.74, 6) is -3.56. The van der Waals surface area contributed by atoms with Gasteiger partial charge in [-0.1, -0.05) is 6.92 Å². The minimum absolute atomic E-state index is 0.000165. The van der Waals surface area contributed by atoms with Crippen LogP contribution in [0.4, 0.5) is 8.78 Å². The van der Waals surface area contributed by atoms with E-state index in [1.807, 2.05) is 6.92 Å². The highest BCUT2D eigenvalue weighted by Crippen LogP contribution is 2.47. The number of carbonyl (C=O) groups is 1. The minimum atomic E-state index is -4.36. The van der Waals surface area contributed by atoms with Crippen LogP contribution in [0.1, 0.15) is 36.5 Å². The van der Waals surface area contributed by atoms with Crippen molar-refractivity contribution in [2.75, 3.05) is 6.54 Å². The van der Waals surface area contributed by atoms with Gasteiger partial charge in [0, 0.05) is 6.54 Å². The fourth-order valence-electron chi connectivity index (χ4n) is 2.15. The Morgan fingerprint density at radius 3 is 2.48 bits per heavy atom. The first-order valence-corrected chi connectivity index (χ1v) is 8.04. The molecule has 116 valence electrons. The number of sulfonamides is 1. The van der Waals surface area contributed by atoms with Crippen molar-refractivity contribution in [3.05, 3.63) is 29.3 Å². The molecule has 1 aliphatic carbocycles. The summed E-state index contributed by atoms with van der Waals surface area (Å²) >= 11 is 0. The fraction of sp³-hybridized carbons (Fsp3) is 0.462. The molecule has 1 saturated carbocycles. The van der Waals surface area contributed by atoms with Gasteiger partial charge in [0.1, 0.15) is 16.3 Å². The lowest BCUT2D eigenvalue weighted by Crippen LogP contribution is -2.32. The molecule has 1 amide bonds. The fourth-order valence-corrected chi connectivity index (χ4v) is 2.76. The van der Waals surface area contributed by atoms with Crippen molar-refractivity contribution >= 4 is 15.9 Å². The molecular weight excluding hydrogens is 302 g/mol. The summed E-state index contributed by atoms with van der Waals surface area (Å²) in [4.78, 5) is 11.0. The van der Waals surface area contributed by atoms with Crippen molar-refractivity contribution in [1.82, 2.24) is 5.32 Å². The molecule has 1 fully saturated rings. The van der Waals surface area contributed by atoms with E-state index in [1.54, 1.807) is 0 Å². The molecule has 1 aromatic carbocycles. The molecule has 0 aromatic heterocycles. The second-order valence-electron chi connectivity index (χ2n) is 5.32. The van der Waals surface area contributed by atoms with Gasteiger partial charge >= 0.3 is 0 Å². The first-order chi connectivity index (χ1) is 9.70. The predicted octanol–water partition coefficient (Wildman–Crippen LogP) is 1.53. The van der Waals surface area contributed by atoms with Gasteiger partial charge in [0.25, 0.3) is 5.91 Å². The van der Waals surface area contributed by atoms with Crippen molar-refractivity contribution in [3.8, 4) is 0 Å². The zero-order chi connectivity index (χ0) is 15.8. The maximum absolute atomic E-state index is 14.0. The molecule has 3 N–H and O–H groups in total. The highest BCUT2D eigenvalue weighted by atomic mass is 32.2. The van der Waals surface area contributed by atoms with E-state index >= 15 is 0 Å². The zero-order valence-electron chi connectivity index (χ0n) is 11.4. The van der Waals surface area contributed by atoms with E-state index in [0.29, 0.717) is 18.7 Å². The number of halogens is 2. The molecule has 0 heterocycles. The third-order valence-corrected chi connectivity index (χ3v) is 4.85. The standard InChI is InChI=1S/C13H16F2N2O3S/c1-2-13(5-6-13)7-17-12(18)10-8(14)3-4-9(11(10)15)21(16,19)20/h3-4H,2,5-7H2,1H3,(H,17,18)(H2,16,19,20). The number of benzene rings is 1. The Morgan fingerprint density at radius 2 is 2.00 bits per heavy atom. The monoisotopic (exact) mass is 318 g/mol. The van der Waals surface area contributed by atoms with Crippen molar-refractivity contribution < 1.29 is 22.0 Å². The Kier molecular flexibility index (Phi) is 4.03. The van der Waals surface area contributed by atoms with Crippen LogP contribution in [0.2, 0.25) is 0 Å². The topological polar surface area (TPSA) is 89.3 Å². The maximum atomic E-state index is 14.0. The molecule has 1 aliphatic rings. The number of nitrogens with one attached hydrogen (secondary N) is 1. The number of hydrogen-bond donors (Lipinski definition) is 2. The predicted molar refractivity (Wildman–Crippen MR) is 72.0 cm³/mol. The van der Waals surface area contributed by atoms with Gasteiger partial charge in [0.2, 0.25) is 10.0 Å². The lowest BCUT2D eigenvalue weighted by atomic mass is 10.0. The third-order valence-electron chi connectivity index (χ3n) is 3.92. The van der Waals surface area contributed by atoms with Crippen LogP contribution >= 0.6 is 0 Å². The van der Waals surface area contributed by atoms with Gasteiger partial charge in [0.05, 0.1) is 0 Å². The highest BCUT2D eigenvalue weighted by molar-refractivity contribution is 7.89. The van der Waals surface area contributed by atoms with Crippen LogP contribution in [-0.4, -0.2) is 20.9 Å². The van der Waals surface area contributed by atoms with Gasteiger partial charge in [-0.15, -0.1) is 0 Å². The second kappa shape index (κ2) is 5.34. The number of rotatable bonds is 5. The van der Waals surface area contributed by atoms with Crippen LogP contribution in [0.5, 0.6) is 0 Å². The van der Waals surface area contributed by atoms with Gasteiger partial charge in [-0.3, -0.25) is 4.79 Å². The Morgan fingerprint density at radius 1 is 1.38 bits per heavy atom. The minimum Gasteiger partial charge on any atom is -0.351 e. The number of carbonyl (C=O) groups excluding carboxylic acids is 1. The molecule has 0 spiro atoms. The van der Waals surface area contributed by atoms with Crippen LogP contribution < -0.4 is 10.5 Å². The van der Waals surface area contributed by atoms with Crippen LogP contribution in [0.25, 0.3) is 0 Å². The van der Waals surface area contributed by atoms with E-state index in [1.165, 1.54) is 0 Å². The normalized spacial score (nSPS) is 16.6. The molecule has 0 unspecified atom stereocenters. The SMILES string of the molecule is CCC1(CNC(=O)c2c(F)ccc(S(N)(=O)=O)c2F)CC1. The van der Waals surface area contributed by atoms with E-state index in [2.05, 4.69) is 5.32 Å². The number of amides is 1. The molecule has 0 aliphatic heterocycles. The number of hydrogen-bond acceptors (Lipinski definition) is 3. The largest absolute Gasteiger partial charge is 0.351 e. The average molecular weight is 318 g/mol. The molecule has 0 atom stereocenters. The molecule has 21 heavy (non-hydrogen) atoms. The molecule has 0 radical (unpaired) electrons. The Bertz CT molecular complexity index is 685. The summed E-state index contributed by atoms with van der Waals surface area (Å²) < 4.78 is 50.1. The summed E-state index contributed by atoms with van der Waals surface area (Å²) in [6.45, 7) is 2.28. The lowest BCUT2D eigenvalue weighted by Gasteiger charge is -2.14. The van der Waals surface area contributed by atoms with Gasteiger partial charge < -0.3 is 5.32 Å². The summed E-state index contributed by atoms with van der Waals surface area (Å²) in [5.41, 5.74) is -0.923. The molecule has 0 bridgehead atoms. The smallest absolute Gasteiger partial charge is 0.257 e. The van der Waals surface area contributed by atoms with Crippen molar-refractivity contribution in [2.45, 2.75) is 31.1 Å². The zero-order valence-corrected chi connectivity index (χ0v) is 12.3. The Labute approximate surface area is 121 Å². The third kappa shape index (κ3) is 3.21. The highest BCUT2D eigenvalue weighted by Gasteiger charge is 2.41. The van der Waals surface area contributed by atoms with Crippen LogP contribution in [0.3, 0.4) is 0 Å². The van der Waals surface area contributed by atoms with Crippen LogP contribution in [0.15, 0.2) is 17.0 Å². The Hall–Kier alpha value is -1.54. The number of primary sulfonamides is 1. The first kappa shape index (κ1) is 15.8. The van der Waals surface area contributed by atoms with E-state index in [-0.39, 0.29) is 5.41 Å². The molecule has 1 aromatic rings. The molecule has 0 saturated heterocycles. The summed E-state index contributed by atoms with van der Waals surface area (Å²) in [7, 11) is -4.36. The van der Waals surface area contributed by atoms with E-state index in [0.717, 1.165) is 19.3 Å². The molecule has 8 heteroatoms. The van der Waals surface area contributed by atoms with E-state index in [9.17, 15) is 22.0 Å². The molecule has 5 nitrogen and oxygen atoms in total. The summed E-state index contributed by atoms with van der Waals surface area (Å²) in [6.07, 6.45) is 2.76. The van der Waals surface area contributed by atoms with Crippen molar-refractivity contribution in [3.63, 3.8) is 0 Å². The lowest BCUT2D eigenvalue weighted by molar-refractivity contribution is 0.0935. The van der Waals surface area contributed by atoms with Crippen molar-refractivity contribution in [1.29, 1.82) is 0 Å². The quantitative estimate of drug-likeness (QED) is 0.863. The average Bonchev–Trinajstić information content (AvgIpc) is 3.15. The summed E-state index contributed by atoms with van der Waals surface area (Å²) in [5, 5.41) is 7.29. The van der Waals surface area contributed by atoms with Crippen molar-refractivity contribution in [2.24, 2.45) is 10.6 Å². The number of nitrogens with two attached hydrogens (primary N) is 1. The summed E-state index contributed by atoms with van der Waals surface area (Å²) in [6, 6.07) is 1.41. The molecule has 2 rings (SSSR count).